The number of hydrogen-bond acceptors (Lipinski definition) is 4. The Morgan fingerprint density at radius 1 is 1.33 bits per heavy atom. The quantitative estimate of drug-likeness (QED) is 0.767. The van der Waals surface area contributed by atoms with E-state index in [0.717, 1.165) is 24.1 Å². The molecule has 2 rings (SSSR count). The van der Waals surface area contributed by atoms with E-state index in [1.807, 2.05) is 6.20 Å². The van der Waals surface area contributed by atoms with Crippen LogP contribution in [0.15, 0.2) is 12.4 Å². The van der Waals surface area contributed by atoms with Crippen molar-refractivity contribution >= 4 is 5.82 Å². The normalized spacial score (nSPS) is 15.7. The van der Waals surface area contributed by atoms with Crippen molar-refractivity contribution in [3.05, 3.63) is 18.1 Å². The van der Waals surface area contributed by atoms with Gasteiger partial charge in [0.1, 0.15) is 5.82 Å². The second kappa shape index (κ2) is 4.57. The summed E-state index contributed by atoms with van der Waals surface area (Å²) in [5.41, 5.74) is 1.01. The highest BCUT2D eigenvalue weighted by molar-refractivity contribution is 5.31. The van der Waals surface area contributed by atoms with Gasteiger partial charge in [0.25, 0.3) is 0 Å². The third-order valence-electron chi connectivity index (χ3n) is 2.29. The third-order valence-corrected chi connectivity index (χ3v) is 2.29. The molecule has 2 N–H and O–H groups in total. The summed E-state index contributed by atoms with van der Waals surface area (Å²) >= 11 is 0. The van der Waals surface area contributed by atoms with Crippen molar-refractivity contribution in [1.29, 1.82) is 0 Å². The molecular weight excluding hydrogens is 188 g/mol. The van der Waals surface area contributed by atoms with Crippen LogP contribution in [0.2, 0.25) is 0 Å². The highest BCUT2D eigenvalue weighted by Crippen LogP contribution is 2.18. The van der Waals surface area contributed by atoms with Crippen LogP contribution in [0, 0.1) is 0 Å². The summed E-state index contributed by atoms with van der Waals surface area (Å²) in [5, 5.41) is 6.63. The molecular formula is C11H18N4. The topological polar surface area (TPSA) is 49.8 Å². The average Bonchev–Trinajstić information content (AvgIpc) is 2.99. The van der Waals surface area contributed by atoms with E-state index < -0.39 is 0 Å². The van der Waals surface area contributed by atoms with Gasteiger partial charge in [-0.1, -0.05) is 0 Å². The van der Waals surface area contributed by atoms with Crippen molar-refractivity contribution in [3.63, 3.8) is 0 Å². The van der Waals surface area contributed by atoms with Crippen LogP contribution in [0.25, 0.3) is 0 Å². The number of nitrogens with zero attached hydrogens (tertiary/aromatic N) is 2. The van der Waals surface area contributed by atoms with Gasteiger partial charge in [-0.25, -0.2) is 4.98 Å². The maximum Gasteiger partial charge on any atom is 0.144 e. The lowest BCUT2D eigenvalue weighted by Crippen LogP contribution is -2.17. The molecule has 4 heteroatoms. The second-order valence-corrected chi connectivity index (χ2v) is 4.35. The number of rotatable bonds is 5. The van der Waals surface area contributed by atoms with Crippen LogP contribution in [-0.2, 0) is 6.54 Å². The van der Waals surface area contributed by atoms with Crippen LogP contribution in [0.1, 0.15) is 32.4 Å². The Kier molecular flexibility index (Phi) is 3.16. The van der Waals surface area contributed by atoms with Gasteiger partial charge in [-0.15, -0.1) is 0 Å². The molecule has 82 valence electrons. The smallest absolute Gasteiger partial charge is 0.144 e. The largest absolute Gasteiger partial charge is 0.367 e. The first-order chi connectivity index (χ1) is 7.24. The molecule has 0 atom stereocenters. The Bertz CT molecular complexity index is 303. The molecule has 0 bridgehead atoms. The van der Waals surface area contributed by atoms with E-state index in [2.05, 4.69) is 34.4 Å². The molecule has 0 aromatic carbocycles. The van der Waals surface area contributed by atoms with E-state index in [1.165, 1.54) is 12.8 Å². The molecule has 0 radical (unpaired) electrons. The molecule has 0 aliphatic heterocycles. The highest BCUT2D eigenvalue weighted by atomic mass is 15.0. The van der Waals surface area contributed by atoms with Crippen molar-refractivity contribution < 1.29 is 0 Å². The molecule has 0 unspecified atom stereocenters. The predicted octanol–water partition coefficient (Wildman–Crippen LogP) is 1.55. The zero-order chi connectivity index (χ0) is 10.7. The molecule has 15 heavy (non-hydrogen) atoms. The van der Waals surface area contributed by atoms with Gasteiger partial charge >= 0.3 is 0 Å². The fraction of sp³-hybridized carbons (Fsp3) is 0.636. The minimum Gasteiger partial charge on any atom is -0.367 e. The molecule has 1 aromatic rings. The first kappa shape index (κ1) is 10.4. The van der Waals surface area contributed by atoms with Crippen molar-refractivity contribution in [2.24, 2.45) is 0 Å². The van der Waals surface area contributed by atoms with Crippen molar-refractivity contribution in [3.8, 4) is 0 Å². The van der Waals surface area contributed by atoms with Crippen LogP contribution < -0.4 is 10.6 Å². The van der Waals surface area contributed by atoms with Gasteiger partial charge in [0.2, 0.25) is 0 Å². The van der Waals surface area contributed by atoms with E-state index in [4.69, 9.17) is 0 Å². The van der Waals surface area contributed by atoms with E-state index >= 15 is 0 Å². The number of nitrogens with one attached hydrogen (secondary N) is 2. The Morgan fingerprint density at radius 2 is 2.13 bits per heavy atom. The van der Waals surface area contributed by atoms with Gasteiger partial charge < -0.3 is 10.6 Å². The summed E-state index contributed by atoms with van der Waals surface area (Å²) in [5.74, 6) is 0.847. The average molecular weight is 206 g/mol. The summed E-state index contributed by atoms with van der Waals surface area (Å²) in [4.78, 5) is 8.65. The SMILES string of the molecule is CC(C)Nc1cnc(CNC2CC2)cn1. The lowest BCUT2D eigenvalue weighted by atomic mass is 10.4. The molecule has 0 saturated heterocycles. The van der Waals surface area contributed by atoms with E-state index in [-0.39, 0.29) is 0 Å². The lowest BCUT2D eigenvalue weighted by molar-refractivity contribution is 0.671. The molecule has 1 aliphatic carbocycles. The summed E-state index contributed by atoms with van der Waals surface area (Å²) in [6.07, 6.45) is 6.24. The minimum atomic E-state index is 0.398. The van der Waals surface area contributed by atoms with Gasteiger partial charge in [-0.2, -0.15) is 0 Å². The standard InChI is InChI=1S/C11H18N4/c1-8(2)15-11-7-13-10(6-14-11)5-12-9-3-4-9/h6-9,12H,3-5H2,1-2H3,(H,14,15). The van der Waals surface area contributed by atoms with E-state index in [0.29, 0.717) is 6.04 Å². The monoisotopic (exact) mass is 206 g/mol. The molecule has 1 fully saturated rings. The third kappa shape index (κ3) is 3.47. The summed E-state index contributed by atoms with van der Waals surface area (Å²) in [6.45, 7) is 5.01. The van der Waals surface area contributed by atoms with Crippen LogP contribution in [0.4, 0.5) is 5.82 Å². The number of hydrogen-bond donors (Lipinski definition) is 2. The van der Waals surface area contributed by atoms with Gasteiger partial charge in [0.05, 0.1) is 18.1 Å². The second-order valence-electron chi connectivity index (χ2n) is 4.35. The van der Waals surface area contributed by atoms with Crippen LogP contribution in [0.5, 0.6) is 0 Å². The molecule has 0 amide bonds. The van der Waals surface area contributed by atoms with Crippen molar-refractivity contribution in [1.82, 2.24) is 15.3 Å². The first-order valence-corrected chi connectivity index (χ1v) is 5.55. The van der Waals surface area contributed by atoms with Crippen molar-refractivity contribution in [2.45, 2.75) is 45.3 Å². The molecule has 1 aliphatic rings. The summed E-state index contributed by atoms with van der Waals surface area (Å²) in [6, 6.07) is 1.12. The van der Waals surface area contributed by atoms with Gasteiger partial charge in [-0.05, 0) is 26.7 Å². The fourth-order valence-corrected chi connectivity index (χ4v) is 1.35. The summed E-state index contributed by atoms with van der Waals surface area (Å²) < 4.78 is 0. The van der Waals surface area contributed by atoms with E-state index in [1.54, 1.807) is 6.20 Å². The molecule has 1 aromatic heterocycles. The molecule has 1 saturated carbocycles. The fourth-order valence-electron chi connectivity index (χ4n) is 1.35. The first-order valence-electron chi connectivity index (χ1n) is 5.55. The van der Waals surface area contributed by atoms with Crippen LogP contribution in [-0.4, -0.2) is 22.1 Å². The van der Waals surface area contributed by atoms with E-state index in [9.17, 15) is 0 Å². The highest BCUT2D eigenvalue weighted by Gasteiger charge is 2.20. The van der Waals surface area contributed by atoms with Gasteiger partial charge in [-0.3, -0.25) is 4.98 Å². The van der Waals surface area contributed by atoms with Gasteiger partial charge in [0, 0.05) is 18.6 Å². The predicted molar refractivity (Wildman–Crippen MR) is 60.7 cm³/mol. The maximum absolute atomic E-state index is 4.34. The molecule has 0 spiro atoms. The summed E-state index contributed by atoms with van der Waals surface area (Å²) in [7, 11) is 0. The number of anilines is 1. The minimum absolute atomic E-state index is 0.398. The Hall–Kier alpha value is -1.16. The van der Waals surface area contributed by atoms with Crippen molar-refractivity contribution in [2.75, 3.05) is 5.32 Å². The Labute approximate surface area is 90.5 Å². The molecule has 1 heterocycles. The zero-order valence-corrected chi connectivity index (χ0v) is 9.33. The molecule has 4 nitrogen and oxygen atoms in total. The number of aromatic nitrogens is 2. The van der Waals surface area contributed by atoms with Gasteiger partial charge in [0.15, 0.2) is 0 Å². The van der Waals surface area contributed by atoms with Crippen LogP contribution >= 0.6 is 0 Å². The lowest BCUT2D eigenvalue weighted by Gasteiger charge is -2.08. The Morgan fingerprint density at radius 3 is 2.67 bits per heavy atom. The zero-order valence-electron chi connectivity index (χ0n) is 9.33. The van der Waals surface area contributed by atoms with Crippen LogP contribution in [0.3, 0.4) is 0 Å². The Balaban J connectivity index is 1.85. The maximum atomic E-state index is 4.34.